The van der Waals surface area contributed by atoms with Crippen molar-refractivity contribution in [3.63, 3.8) is 0 Å². The third kappa shape index (κ3) is 5.88. The Morgan fingerprint density at radius 1 is 1.19 bits per heavy atom. The lowest BCUT2D eigenvalue weighted by Crippen LogP contribution is -2.46. The third-order valence-corrected chi connectivity index (χ3v) is 5.21. The number of ether oxygens (including phenoxy) is 1. The fraction of sp³-hybridized carbons (Fsp3) is 1.00. The molecule has 0 aromatic carbocycles. The smallest absolute Gasteiger partial charge is 0.0605 e. The van der Waals surface area contributed by atoms with Gasteiger partial charge in [0.2, 0.25) is 0 Å². The molecule has 21 heavy (non-hydrogen) atoms. The molecule has 0 aromatic rings. The van der Waals surface area contributed by atoms with E-state index < -0.39 is 0 Å². The predicted molar refractivity (Wildman–Crippen MR) is 89.7 cm³/mol. The van der Waals surface area contributed by atoms with Crippen molar-refractivity contribution < 1.29 is 4.74 Å². The van der Waals surface area contributed by atoms with Gasteiger partial charge in [0.15, 0.2) is 0 Å². The molecule has 1 saturated carbocycles. The Morgan fingerprint density at radius 2 is 1.90 bits per heavy atom. The van der Waals surface area contributed by atoms with E-state index in [4.69, 9.17) is 4.74 Å². The van der Waals surface area contributed by atoms with Gasteiger partial charge >= 0.3 is 0 Å². The minimum absolute atomic E-state index is 0.539. The van der Waals surface area contributed by atoms with E-state index in [1.165, 1.54) is 58.2 Å². The molecule has 1 aliphatic carbocycles. The molecule has 0 amide bonds. The topological polar surface area (TPSA) is 24.5 Å². The van der Waals surface area contributed by atoms with Gasteiger partial charge in [-0.25, -0.2) is 0 Å². The summed E-state index contributed by atoms with van der Waals surface area (Å²) in [6.07, 6.45) is 8.35. The van der Waals surface area contributed by atoms with Crippen molar-refractivity contribution in [1.82, 2.24) is 10.2 Å². The summed E-state index contributed by atoms with van der Waals surface area (Å²) in [4.78, 5) is 2.67. The molecular weight excluding hydrogens is 260 g/mol. The predicted octanol–water partition coefficient (Wildman–Crippen LogP) is 3.29. The summed E-state index contributed by atoms with van der Waals surface area (Å²) in [7, 11) is 0. The van der Waals surface area contributed by atoms with Crippen molar-refractivity contribution in [2.45, 2.75) is 71.4 Å². The highest BCUT2D eigenvalue weighted by Crippen LogP contribution is 2.26. The van der Waals surface area contributed by atoms with Gasteiger partial charge in [0.05, 0.1) is 6.10 Å². The van der Waals surface area contributed by atoms with Gasteiger partial charge in [-0.15, -0.1) is 0 Å². The van der Waals surface area contributed by atoms with E-state index in [9.17, 15) is 0 Å². The van der Waals surface area contributed by atoms with E-state index in [2.05, 4.69) is 31.0 Å². The van der Waals surface area contributed by atoms with Gasteiger partial charge in [0.25, 0.3) is 0 Å². The molecular formula is C18H36N2O. The van der Waals surface area contributed by atoms with Crippen molar-refractivity contribution in [3.05, 3.63) is 0 Å². The van der Waals surface area contributed by atoms with Crippen LogP contribution in [0.2, 0.25) is 0 Å². The van der Waals surface area contributed by atoms with E-state index in [-0.39, 0.29) is 0 Å². The molecule has 3 nitrogen and oxygen atoms in total. The average Bonchev–Trinajstić information content (AvgIpc) is 2.43. The first-order valence-corrected chi connectivity index (χ1v) is 9.28. The van der Waals surface area contributed by atoms with Crippen molar-refractivity contribution >= 4 is 0 Å². The zero-order chi connectivity index (χ0) is 15.1. The first-order valence-electron chi connectivity index (χ1n) is 9.28. The molecule has 0 bridgehead atoms. The highest BCUT2D eigenvalue weighted by Gasteiger charge is 2.30. The van der Waals surface area contributed by atoms with Crippen molar-refractivity contribution in [2.75, 3.05) is 32.8 Å². The highest BCUT2D eigenvalue weighted by atomic mass is 16.5. The van der Waals surface area contributed by atoms with E-state index in [0.717, 1.165) is 31.0 Å². The standard InChI is InChI=1S/C18H36N2O/c1-4-6-15(3)13-20-9-7-16(8-10-20)14-21-18-11-17(12-18)19-5-2/h15-19H,4-14H2,1-3H3/t15?,17-,18-. The molecule has 0 spiro atoms. The summed E-state index contributed by atoms with van der Waals surface area (Å²) < 4.78 is 6.09. The van der Waals surface area contributed by atoms with Gasteiger partial charge < -0.3 is 15.0 Å². The second-order valence-electron chi connectivity index (χ2n) is 7.32. The average molecular weight is 296 g/mol. The summed E-state index contributed by atoms with van der Waals surface area (Å²) in [6, 6.07) is 0.724. The lowest BCUT2D eigenvalue weighted by Gasteiger charge is -2.38. The maximum atomic E-state index is 6.09. The quantitative estimate of drug-likeness (QED) is 0.706. The maximum absolute atomic E-state index is 6.09. The fourth-order valence-electron chi connectivity index (χ4n) is 3.79. The van der Waals surface area contributed by atoms with Gasteiger partial charge in [0.1, 0.15) is 0 Å². The number of nitrogens with one attached hydrogen (secondary N) is 1. The molecule has 1 aliphatic heterocycles. The van der Waals surface area contributed by atoms with Crippen LogP contribution in [0.1, 0.15) is 59.3 Å². The van der Waals surface area contributed by atoms with Crippen molar-refractivity contribution in [3.8, 4) is 0 Å². The summed E-state index contributed by atoms with van der Waals surface area (Å²) in [5.74, 6) is 1.67. The molecule has 124 valence electrons. The van der Waals surface area contributed by atoms with E-state index in [1.807, 2.05) is 0 Å². The number of piperidine rings is 1. The van der Waals surface area contributed by atoms with Crippen LogP contribution in [0.25, 0.3) is 0 Å². The zero-order valence-electron chi connectivity index (χ0n) is 14.4. The second-order valence-corrected chi connectivity index (χ2v) is 7.32. The van der Waals surface area contributed by atoms with Crippen LogP contribution in [-0.4, -0.2) is 49.8 Å². The summed E-state index contributed by atoms with van der Waals surface area (Å²) in [5.41, 5.74) is 0. The molecule has 2 fully saturated rings. The van der Waals surface area contributed by atoms with Crippen LogP contribution in [0.3, 0.4) is 0 Å². The molecule has 1 atom stereocenters. The SMILES string of the molecule is CCCC(C)CN1CCC(CO[C@H]2C[C@H](NCC)C2)CC1. The van der Waals surface area contributed by atoms with Crippen LogP contribution >= 0.6 is 0 Å². The van der Waals surface area contributed by atoms with Crippen LogP contribution in [0, 0.1) is 11.8 Å². The third-order valence-electron chi connectivity index (χ3n) is 5.21. The number of nitrogens with zero attached hydrogens (tertiary/aromatic N) is 1. The van der Waals surface area contributed by atoms with Crippen LogP contribution in [0.5, 0.6) is 0 Å². The molecule has 1 N–H and O–H groups in total. The Kier molecular flexibility index (Phi) is 7.48. The zero-order valence-corrected chi connectivity index (χ0v) is 14.4. The molecule has 1 heterocycles. The molecule has 0 aromatic heterocycles. The van der Waals surface area contributed by atoms with Gasteiger partial charge in [-0.2, -0.15) is 0 Å². The van der Waals surface area contributed by atoms with Crippen LogP contribution in [-0.2, 0) is 4.74 Å². The maximum Gasteiger partial charge on any atom is 0.0605 e. The summed E-state index contributed by atoms with van der Waals surface area (Å²) >= 11 is 0. The van der Waals surface area contributed by atoms with Gasteiger partial charge in [-0.05, 0) is 63.6 Å². The highest BCUT2D eigenvalue weighted by molar-refractivity contribution is 4.86. The summed E-state index contributed by atoms with van der Waals surface area (Å²) in [6.45, 7) is 12.8. The van der Waals surface area contributed by atoms with Crippen LogP contribution in [0.4, 0.5) is 0 Å². The van der Waals surface area contributed by atoms with Gasteiger partial charge in [-0.1, -0.05) is 27.2 Å². The van der Waals surface area contributed by atoms with Gasteiger partial charge in [-0.3, -0.25) is 0 Å². The Hall–Kier alpha value is -0.120. The van der Waals surface area contributed by atoms with Crippen molar-refractivity contribution in [2.24, 2.45) is 11.8 Å². The first kappa shape index (κ1) is 17.2. The number of likely N-dealkylation sites (tertiary alicyclic amines) is 1. The Morgan fingerprint density at radius 3 is 2.52 bits per heavy atom. The number of rotatable bonds is 9. The number of hydrogen-bond donors (Lipinski definition) is 1. The monoisotopic (exact) mass is 296 g/mol. The lowest BCUT2D eigenvalue weighted by molar-refractivity contribution is -0.0404. The minimum Gasteiger partial charge on any atom is -0.378 e. The van der Waals surface area contributed by atoms with E-state index >= 15 is 0 Å². The molecule has 1 unspecified atom stereocenters. The Labute approximate surface area is 131 Å². The van der Waals surface area contributed by atoms with Crippen LogP contribution in [0.15, 0.2) is 0 Å². The van der Waals surface area contributed by atoms with Gasteiger partial charge in [0, 0.05) is 19.2 Å². The molecule has 2 rings (SSSR count). The molecule has 2 aliphatic rings. The Balaban J connectivity index is 1.51. The largest absolute Gasteiger partial charge is 0.378 e. The van der Waals surface area contributed by atoms with Crippen molar-refractivity contribution in [1.29, 1.82) is 0 Å². The minimum atomic E-state index is 0.539. The molecule has 1 saturated heterocycles. The summed E-state index contributed by atoms with van der Waals surface area (Å²) in [5, 5.41) is 3.50. The second kappa shape index (κ2) is 9.12. The molecule has 0 radical (unpaired) electrons. The first-order chi connectivity index (χ1) is 10.2. The number of hydrogen-bond acceptors (Lipinski definition) is 3. The lowest BCUT2D eigenvalue weighted by atomic mass is 9.89. The Bertz CT molecular complexity index is 270. The molecule has 3 heteroatoms. The fourth-order valence-corrected chi connectivity index (χ4v) is 3.79. The van der Waals surface area contributed by atoms with E-state index in [0.29, 0.717) is 6.10 Å². The normalized spacial score (nSPS) is 29.3. The van der Waals surface area contributed by atoms with Crippen LogP contribution < -0.4 is 5.32 Å². The van der Waals surface area contributed by atoms with E-state index in [1.54, 1.807) is 0 Å².